The van der Waals surface area contributed by atoms with E-state index in [0.717, 1.165) is 28.0 Å². The van der Waals surface area contributed by atoms with Crippen LogP contribution < -0.4 is 14.9 Å². The number of carbonyl (C=O) groups excluding carboxylic acids is 1. The first-order chi connectivity index (χ1) is 16.7. The summed E-state index contributed by atoms with van der Waals surface area (Å²) in [6, 6.07) is 35.2. The fourth-order valence-electron chi connectivity index (χ4n) is 3.27. The molecule has 0 aliphatic rings. The van der Waals surface area contributed by atoms with E-state index in [1.165, 1.54) is 0 Å². The summed E-state index contributed by atoms with van der Waals surface area (Å²) in [4.78, 5) is 12.3. The number of benzene rings is 4. The van der Waals surface area contributed by atoms with E-state index in [2.05, 4.69) is 22.7 Å². The average molecular weight is 451 g/mol. The van der Waals surface area contributed by atoms with Crippen molar-refractivity contribution in [1.29, 1.82) is 0 Å². The zero-order chi connectivity index (χ0) is 23.6. The second-order valence-corrected chi connectivity index (χ2v) is 7.73. The van der Waals surface area contributed by atoms with Gasteiger partial charge in [-0.2, -0.15) is 5.10 Å². The van der Waals surface area contributed by atoms with Gasteiger partial charge < -0.3 is 9.47 Å². The van der Waals surface area contributed by atoms with Crippen LogP contribution >= 0.6 is 0 Å². The van der Waals surface area contributed by atoms with Crippen molar-refractivity contribution in [3.8, 4) is 22.6 Å². The number of nitrogens with zero attached hydrogens (tertiary/aromatic N) is 1. The molecule has 4 aromatic rings. The summed E-state index contributed by atoms with van der Waals surface area (Å²) in [5.74, 6) is 1.06. The summed E-state index contributed by atoms with van der Waals surface area (Å²) < 4.78 is 11.5. The number of carbonyl (C=O) groups is 1. The van der Waals surface area contributed by atoms with Gasteiger partial charge in [0.25, 0.3) is 5.91 Å². The number of ether oxygens (including phenoxy) is 2. The summed E-state index contributed by atoms with van der Waals surface area (Å²) in [6.07, 6.45) is 0.897. The number of hydrogen-bond acceptors (Lipinski definition) is 4. The molecule has 170 valence electrons. The second kappa shape index (κ2) is 11.5. The summed E-state index contributed by atoms with van der Waals surface area (Å²) in [5, 5.41) is 4.04. The van der Waals surface area contributed by atoms with E-state index in [-0.39, 0.29) is 5.91 Å². The molecule has 0 bridgehead atoms. The molecule has 0 heterocycles. The third-order valence-electron chi connectivity index (χ3n) is 5.16. The molecule has 0 aliphatic carbocycles. The molecule has 5 heteroatoms. The van der Waals surface area contributed by atoms with Crippen molar-refractivity contribution in [3.05, 3.63) is 120 Å². The van der Waals surface area contributed by atoms with E-state index < -0.39 is 6.10 Å². The van der Waals surface area contributed by atoms with Crippen molar-refractivity contribution in [1.82, 2.24) is 5.43 Å². The smallest absolute Gasteiger partial charge is 0.280 e. The lowest BCUT2D eigenvalue weighted by molar-refractivity contribution is -0.127. The molecule has 34 heavy (non-hydrogen) atoms. The highest BCUT2D eigenvalue weighted by molar-refractivity contribution is 5.84. The lowest BCUT2D eigenvalue weighted by atomic mass is 10.1. The van der Waals surface area contributed by atoms with E-state index in [1.54, 1.807) is 13.1 Å². The average Bonchev–Trinajstić information content (AvgIpc) is 2.89. The second-order valence-electron chi connectivity index (χ2n) is 7.73. The normalized spacial score (nSPS) is 11.7. The Morgan fingerprint density at radius 1 is 0.794 bits per heavy atom. The molecule has 4 aromatic carbocycles. The molecule has 0 fully saturated rings. The molecule has 0 spiro atoms. The number of hydrazone groups is 1. The SMILES string of the molecule is CC(Oc1ccc(-c2ccccc2)cc1)C(=O)NN=Cc1ccc(OCc2ccccc2)cc1. The fraction of sp³-hybridized carbons (Fsp3) is 0.103. The van der Waals surface area contributed by atoms with Crippen LogP contribution in [0, 0.1) is 0 Å². The Morgan fingerprint density at radius 3 is 2.06 bits per heavy atom. The molecule has 0 saturated heterocycles. The number of amides is 1. The van der Waals surface area contributed by atoms with E-state index in [9.17, 15) is 4.79 Å². The molecule has 5 nitrogen and oxygen atoms in total. The maximum Gasteiger partial charge on any atom is 0.280 e. The first-order valence-electron chi connectivity index (χ1n) is 11.1. The molecular weight excluding hydrogens is 424 g/mol. The van der Waals surface area contributed by atoms with Gasteiger partial charge >= 0.3 is 0 Å². The minimum Gasteiger partial charge on any atom is -0.489 e. The zero-order valence-electron chi connectivity index (χ0n) is 18.9. The van der Waals surface area contributed by atoms with Crippen LogP contribution in [0.4, 0.5) is 0 Å². The van der Waals surface area contributed by atoms with Gasteiger partial charge in [0.1, 0.15) is 18.1 Å². The maximum atomic E-state index is 12.3. The third kappa shape index (κ3) is 6.56. The molecule has 0 saturated carbocycles. The van der Waals surface area contributed by atoms with Gasteiger partial charge in [0, 0.05) is 0 Å². The molecule has 4 rings (SSSR count). The van der Waals surface area contributed by atoms with E-state index in [0.29, 0.717) is 12.4 Å². The molecule has 0 radical (unpaired) electrons. The summed E-state index contributed by atoms with van der Waals surface area (Å²) in [5.41, 5.74) is 6.70. The molecule has 1 amide bonds. The quantitative estimate of drug-likeness (QED) is 0.257. The highest BCUT2D eigenvalue weighted by Crippen LogP contribution is 2.22. The third-order valence-corrected chi connectivity index (χ3v) is 5.16. The minimum absolute atomic E-state index is 0.328. The maximum absolute atomic E-state index is 12.3. The van der Waals surface area contributed by atoms with Gasteiger partial charge in [-0.15, -0.1) is 0 Å². The van der Waals surface area contributed by atoms with Crippen LogP contribution in [0.15, 0.2) is 114 Å². The predicted molar refractivity (Wildman–Crippen MR) is 135 cm³/mol. The predicted octanol–water partition coefficient (Wildman–Crippen LogP) is 5.85. The Hall–Kier alpha value is -4.38. The Balaban J connectivity index is 1.23. The molecule has 1 N–H and O–H groups in total. The van der Waals surface area contributed by atoms with Crippen LogP contribution in [0.3, 0.4) is 0 Å². The van der Waals surface area contributed by atoms with Crippen LogP contribution in [0.2, 0.25) is 0 Å². The highest BCUT2D eigenvalue weighted by atomic mass is 16.5. The van der Waals surface area contributed by atoms with Gasteiger partial charge in [-0.1, -0.05) is 72.8 Å². The molecule has 0 aliphatic heterocycles. The first-order valence-corrected chi connectivity index (χ1v) is 11.1. The van der Waals surface area contributed by atoms with E-state index in [4.69, 9.17) is 9.47 Å². The zero-order valence-corrected chi connectivity index (χ0v) is 18.9. The Labute approximate surface area is 199 Å². The van der Waals surface area contributed by atoms with Gasteiger partial charge in [-0.25, -0.2) is 5.43 Å². The van der Waals surface area contributed by atoms with Crippen molar-refractivity contribution in [2.45, 2.75) is 19.6 Å². The Morgan fingerprint density at radius 2 is 1.38 bits per heavy atom. The van der Waals surface area contributed by atoms with Gasteiger partial charge in [0.05, 0.1) is 6.21 Å². The lowest BCUT2D eigenvalue weighted by Gasteiger charge is -2.13. The van der Waals surface area contributed by atoms with Gasteiger partial charge in [0.2, 0.25) is 0 Å². The number of nitrogens with one attached hydrogen (secondary N) is 1. The Bertz CT molecular complexity index is 1210. The van der Waals surface area contributed by atoms with Crippen molar-refractivity contribution in [2.24, 2.45) is 5.10 Å². The van der Waals surface area contributed by atoms with Crippen LogP contribution in [0.25, 0.3) is 11.1 Å². The highest BCUT2D eigenvalue weighted by Gasteiger charge is 2.14. The summed E-state index contributed by atoms with van der Waals surface area (Å²) >= 11 is 0. The lowest BCUT2D eigenvalue weighted by Crippen LogP contribution is -2.33. The van der Waals surface area contributed by atoms with Gasteiger partial charge in [-0.3, -0.25) is 4.79 Å². The monoisotopic (exact) mass is 450 g/mol. The van der Waals surface area contributed by atoms with Crippen molar-refractivity contribution < 1.29 is 14.3 Å². The molecule has 1 atom stereocenters. The van der Waals surface area contributed by atoms with E-state index >= 15 is 0 Å². The summed E-state index contributed by atoms with van der Waals surface area (Å²) in [6.45, 7) is 2.20. The van der Waals surface area contributed by atoms with Gasteiger partial charge in [-0.05, 0) is 65.6 Å². The van der Waals surface area contributed by atoms with Crippen LogP contribution in [0.5, 0.6) is 11.5 Å². The number of hydrogen-bond donors (Lipinski definition) is 1. The molecular formula is C29H26N2O3. The standard InChI is InChI=1S/C29H26N2O3/c1-22(34-28-18-14-26(15-19-28)25-10-6-3-7-11-25)29(32)31-30-20-23-12-16-27(17-13-23)33-21-24-8-4-2-5-9-24/h2-20,22H,21H2,1H3,(H,31,32). The largest absolute Gasteiger partial charge is 0.489 e. The molecule has 0 aromatic heterocycles. The topological polar surface area (TPSA) is 59.9 Å². The van der Waals surface area contributed by atoms with Crippen LogP contribution in [0.1, 0.15) is 18.1 Å². The minimum atomic E-state index is -0.687. The van der Waals surface area contributed by atoms with Gasteiger partial charge in [0.15, 0.2) is 6.10 Å². The van der Waals surface area contributed by atoms with Crippen LogP contribution in [-0.4, -0.2) is 18.2 Å². The molecule has 1 unspecified atom stereocenters. The van der Waals surface area contributed by atoms with E-state index in [1.807, 2.05) is 97.1 Å². The Kier molecular flexibility index (Phi) is 7.70. The number of rotatable bonds is 9. The van der Waals surface area contributed by atoms with Crippen LogP contribution in [-0.2, 0) is 11.4 Å². The van der Waals surface area contributed by atoms with Crippen molar-refractivity contribution >= 4 is 12.1 Å². The summed E-state index contributed by atoms with van der Waals surface area (Å²) in [7, 11) is 0. The fourth-order valence-corrected chi connectivity index (χ4v) is 3.27. The van der Waals surface area contributed by atoms with Crippen molar-refractivity contribution in [3.63, 3.8) is 0 Å². The van der Waals surface area contributed by atoms with Crippen molar-refractivity contribution in [2.75, 3.05) is 0 Å². The first kappa shape index (κ1) is 22.8.